The Labute approximate surface area is 150 Å². The van der Waals surface area contributed by atoms with Crippen LogP contribution in [0, 0.1) is 0 Å². The Bertz CT molecular complexity index is 660. The molecule has 2 atom stereocenters. The van der Waals surface area contributed by atoms with Gasteiger partial charge in [0.1, 0.15) is 0 Å². The van der Waals surface area contributed by atoms with Crippen molar-refractivity contribution in [3.63, 3.8) is 0 Å². The first kappa shape index (κ1) is 18.5. The lowest BCUT2D eigenvalue weighted by atomic mass is 9.83. The summed E-state index contributed by atoms with van der Waals surface area (Å²) in [6, 6.07) is 18.1. The zero-order chi connectivity index (χ0) is 16.1. The third kappa shape index (κ3) is 4.59. The third-order valence-corrected chi connectivity index (χ3v) is 4.67. The Hall–Kier alpha value is -1.84. The van der Waals surface area contributed by atoms with Gasteiger partial charge in [0.05, 0.1) is 0 Å². The van der Waals surface area contributed by atoms with Gasteiger partial charge in [-0.1, -0.05) is 54.6 Å². The van der Waals surface area contributed by atoms with Gasteiger partial charge in [-0.15, -0.1) is 12.4 Å². The molecule has 24 heavy (non-hydrogen) atoms. The number of nitrogens with one attached hydrogen (secondary N) is 1. The van der Waals surface area contributed by atoms with Crippen LogP contribution in [0.3, 0.4) is 0 Å². The quantitative estimate of drug-likeness (QED) is 0.868. The second kappa shape index (κ2) is 8.86. The van der Waals surface area contributed by atoms with Gasteiger partial charge in [0.15, 0.2) is 0 Å². The molecule has 3 nitrogen and oxygen atoms in total. The lowest BCUT2D eigenvalue weighted by Gasteiger charge is -2.25. The van der Waals surface area contributed by atoms with Crippen molar-refractivity contribution in [3.05, 3.63) is 71.3 Å². The molecule has 0 saturated carbocycles. The maximum Gasteiger partial charge on any atom is 0.221 e. The molecule has 0 spiro atoms. The van der Waals surface area contributed by atoms with Gasteiger partial charge in [-0.25, -0.2) is 0 Å². The first-order valence-electron chi connectivity index (χ1n) is 8.39. The molecule has 2 unspecified atom stereocenters. The Morgan fingerprint density at radius 2 is 1.83 bits per heavy atom. The van der Waals surface area contributed by atoms with Crippen LogP contribution in [0.2, 0.25) is 0 Å². The highest BCUT2D eigenvalue weighted by Crippen LogP contribution is 2.30. The maximum absolute atomic E-state index is 12.2. The third-order valence-electron chi connectivity index (χ3n) is 4.67. The van der Waals surface area contributed by atoms with Gasteiger partial charge in [-0.2, -0.15) is 0 Å². The molecule has 3 N–H and O–H groups in total. The van der Waals surface area contributed by atoms with Crippen LogP contribution in [-0.4, -0.2) is 12.5 Å². The van der Waals surface area contributed by atoms with Crippen LogP contribution in [0.1, 0.15) is 47.9 Å². The number of hydrogen-bond acceptors (Lipinski definition) is 2. The first-order chi connectivity index (χ1) is 11.2. The number of rotatable bonds is 5. The van der Waals surface area contributed by atoms with Crippen molar-refractivity contribution in [1.82, 2.24) is 5.32 Å². The topological polar surface area (TPSA) is 55.1 Å². The van der Waals surface area contributed by atoms with E-state index in [0.717, 1.165) is 18.4 Å². The van der Waals surface area contributed by atoms with Gasteiger partial charge in [-0.05, 0) is 36.0 Å². The second-order valence-corrected chi connectivity index (χ2v) is 6.31. The fourth-order valence-corrected chi connectivity index (χ4v) is 3.39. The van der Waals surface area contributed by atoms with E-state index >= 15 is 0 Å². The van der Waals surface area contributed by atoms with Gasteiger partial charge in [-0.3, -0.25) is 4.79 Å². The minimum absolute atomic E-state index is 0. The molecule has 0 bridgehead atoms. The highest BCUT2D eigenvalue weighted by Gasteiger charge is 2.20. The summed E-state index contributed by atoms with van der Waals surface area (Å²) in [4.78, 5) is 12.2. The van der Waals surface area contributed by atoms with Crippen molar-refractivity contribution in [1.29, 1.82) is 0 Å². The Balaban J connectivity index is 0.00000208. The predicted molar refractivity (Wildman–Crippen MR) is 100 cm³/mol. The average molecular weight is 345 g/mol. The van der Waals surface area contributed by atoms with Crippen molar-refractivity contribution in [2.45, 2.75) is 37.6 Å². The Kier molecular flexibility index (Phi) is 6.83. The summed E-state index contributed by atoms with van der Waals surface area (Å²) >= 11 is 0. The number of carbonyl (C=O) groups is 1. The molecule has 0 fully saturated rings. The molecular formula is C20H25ClN2O. The normalized spacial score (nSPS) is 17.3. The SMILES string of the molecule is Cl.NC(CC(=O)NCC1CCCc2ccccc21)c1ccccc1. The Morgan fingerprint density at radius 1 is 1.12 bits per heavy atom. The molecule has 4 heteroatoms. The lowest BCUT2D eigenvalue weighted by Crippen LogP contribution is -2.32. The minimum atomic E-state index is -0.241. The molecular weight excluding hydrogens is 320 g/mol. The van der Waals surface area contributed by atoms with Crippen molar-refractivity contribution >= 4 is 18.3 Å². The van der Waals surface area contributed by atoms with Gasteiger partial charge in [0.25, 0.3) is 0 Å². The van der Waals surface area contributed by atoms with E-state index in [1.165, 1.54) is 17.5 Å². The molecule has 1 aliphatic carbocycles. The highest BCUT2D eigenvalue weighted by molar-refractivity contribution is 5.85. The molecule has 0 aromatic heterocycles. The van der Waals surface area contributed by atoms with Gasteiger partial charge in [0.2, 0.25) is 5.91 Å². The number of carbonyl (C=O) groups excluding carboxylic acids is 1. The summed E-state index contributed by atoms with van der Waals surface area (Å²) in [5, 5.41) is 3.07. The molecule has 128 valence electrons. The van der Waals surface area contributed by atoms with E-state index in [9.17, 15) is 4.79 Å². The number of aryl methyl sites for hydroxylation is 1. The standard InChI is InChI=1S/C20H24N2O.ClH/c21-19(16-8-2-1-3-9-16)13-20(23)22-14-17-11-6-10-15-7-4-5-12-18(15)17;/h1-5,7-9,12,17,19H,6,10-11,13-14,21H2,(H,22,23);1H. The molecule has 2 aromatic rings. The van der Waals surface area contributed by atoms with Crippen molar-refractivity contribution in [2.24, 2.45) is 5.73 Å². The van der Waals surface area contributed by atoms with Crippen molar-refractivity contribution in [2.75, 3.05) is 6.54 Å². The van der Waals surface area contributed by atoms with Crippen LogP contribution in [0.5, 0.6) is 0 Å². The minimum Gasteiger partial charge on any atom is -0.355 e. The van der Waals surface area contributed by atoms with Crippen molar-refractivity contribution in [3.8, 4) is 0 Å². The molecule has 0 aliphatic heterocycles. The second-order valence-electron chi connectivity index (χ2n) is 6.31. The van der Waals surface area contributed by atoms with E-state index in [1.807, 2.05) is 30.3 Å². The summed E-state index contributed by atoms with van der Waals surface area (Å²) in [5.41, 5.74) is 9.95. The van der Waals surface area contributed by atoms with Crippen LogP contribution in [0.25, 0.3) is 0 Å². The van der Waals surface area contributed by atoms with E-state index in [-0.39, 0.29) is 24.4 Å². The van der Waals surface area contributed by atoms with E-state index in [2.05, 4.69) is 29.6 Å². The lowest BCUT2D eigenvalue weighted by molar-refractivity contribution is -0.121. The zero-order valence-corrected chi connectivity index (χ0v) is 14.6. The molecule has 1 aliphatic rings. The largest absolute Gasteiger partial charge is 0.355 e. The fraction of sp³-hybridized carbons (Fsp3) is 0.350. The van der Waals surface area contributed by atoms with E-state index < -0.39 is 0 Å². The number of amides is 1. The molecule has 0 heterocycles. The number of hydrogen-bond donors (Lipinski definition) is 2. The van der Waals surface area contributed by atoms with Crippen molar-refractivity contribution < 1.29 is 4.79 Å². The summed E-state index contributed by atoms with van der Waals surface area (Å²) in [6.45, 7) is 0.706. The summed E-state index contributed by atoms with van der Waals surface area (Å²) in [7, 11) is 0. The number of nitrogens with two attached hydrogens (primary N) is 1. The van der Waals surface area contributed by atoms with E-state index in [0.29, 0.717) is 18.9 Å². The molecule has 0 radical (unpaired) electrons. The predicted octanol–water partition coefficient (Wildman–Crippen LogP) is 3.73. The smallest absolute Gasteiger partial charge is 0.221 e. The van der Waals surface area contributed by atoms with Gasteiger partial charge in [0, 0.05) is 24.9 Å². The van der Waals surface area contributed by atoms with Crippen LogP contribution in [-0.2, 0) is 11.2 Å². The number of fused-ring (bicyclic) bond motifs is 1. The van der Waals surface area contributed by atoms with Crippen LogP contribution >= 0.6 is 12.4 Å². The van der Waals surface area contributed by atoms with Crippen LogP contribution < -0.4 is 11.1 Å². The molecule has 0 saturated heterocycles. The highest BCUT2D eigenvalue weighted by atomic mass is 35.5. The summed E-state index contributed by atoms with van der Waals surface area (Å²) in [6.07, 6.45) is 3.82. The van der Waals surface area contributed by atoms with Crippen LogP contribution in [0.15, 0.2) is 54.6 Å². The Morgan fingerprint density at radius 3 is 2.62 bits per heavy atom. The first-order valence-corrected chi connectivity index (χ1v) is 8.39. The van der Waals surface area contributed by atoms with E-state index in [1.54, 1.807) is 0 Å². The zero-order valence-electron chi connectivity index (χ0n) is 13.8. The molecule has 2 aromatic carbocycles. The van der Waals surface area contributed by atoms with E-state index in [4.69, 9.17) is 5.73 Å². The molecule has 1 amide bonds. The van der Waals surface area contributed by atoms with Crippen LogP contribution in [0.4, 0.5) is 0 Å². The average Bonchev–Trinajstić information content (AvgIpc) is 2.60. The number of benzene rings is 2. The fourth-order valence-electron chi connectivity index (χ4n) is 3.39. The van der Waals surface area contributed by atoms with Gasteiger partial charge >= 0.3 is 0 Å². The summed E-state index contributed by atoms with van der Waals surface area (Å²) in [5.74, 6) is 0.459. The maximum atomic E-state index is 12.2. The molecule has 3 rings (SSSR count). The summed E-state index contributed by atoms with van der Waals surface area (Å²) < 4.78 is 0. The van der Waals surface area contributed by atoms with Gasteiger partial charge < -0.3 is 11.1 Å². The number of halogens is 1. The monoisotopic (exact) mass is 344 g/mol.